The Hall–Kier alpha value is -2.68. The van der Waals surface area contributed by atoms with Crippen molar-refractivity contribution in [3.63, 3.8) is 0 Å². The summed E-state index contributed by atoms with van der Waals surface area (Å²) in [6.07, 6.45) is 10.3. The van der Waals surface area contributed by atoms with E-state index < -0.39 is 5.97 Å². The highest BCUT2D eigenvalue weighted by molar-refractivity contribution is 6.03. The van der Waals surface area contributed by atoms with Crippen molar-refractivity contribution < 1.29 is 14.3 Å². The van der Waals surface area contributed by atoms with Crippen molar-refractivity contribution in [3.05, 3.63) is 83.2 Å². The van der Waals surface area contributed by atoms with Gasteiger partial charge in [0.25, 0.3) is 0 Å². The maximum absolute atomic E-state index is 13.6. The van der Waals surface area contributed by atoms with Gasteiger partial charge in [-0.2, -0.15) is 0 Å². The molecule has 1 aromatic rings. The number of rotatable bonds is 6. The molecule has 2 nitrogen and oxygen atoms in total. The molecule has 1 aliphatic carbocycles. The number of carboxylic acids is 1. The van der Waals surface area contributed by atoms with E-state index in [4.69, 9.17) is 5.11 Å². The second-order valence-corrected chi connectivity index (χ2v) is 5.73. The standard InChI is InChI=1S/C21H21FO2/c1-4-5-6-7-14(2)8-10-17-15(3)19(13-21(23)24)20-12-16(22)9-11-18(17)20/h4-7,9-12H,2,8,13H2,1,3H3,(H,23,24)/b5-4-,7-6-,17-10-. The van der Waals surface area contributed by atoms with E-state index in [2.05, 4.69) is 6.58 Å². The Morgan fingerprint density at radius 3 is 2.71 bits per heavy atom. The van der Waals surface area contributed by atoms with Crippen molar-refractivity contribution in [2.45, 2.75) is 26.7 Å². The Morgan fingerprint density at radius 1 is 1.29 bits per heavy atom. The van der Waals surface area contributed by atoms with Crippen molar-refractivity contribution in [3.8, 4) is 0 Å². The lowest BCUT2D eigenvalue weighted by atomic mass is 10.0. The van der Waals surface area contributed by atoms with E-state index in [1.807, 2.05) is 44.2 Å². The topological polar surface area (TPSA) is 37.3 Å². The second-order valence-electron chi connectivity index (χ2n) is 5.73. The van der Waals surface area contributed by atoms with Gasteiger partial charge < -0.3 is 5.11 Å². The lowest BCUT2D eigenvalue weighted by molar-refractivity contribution is -0.135. The zero-order valence-corrected chi connectivity index (χ0v) is 14.0. The van der Waals surface area contributed by atoms with Gasteiger partial charge in [0.1, 0.15) is 5.82 Å². The van der Waals surface area contributed by atoms with E-state index in [9.17, 15) is 9.18 Å². The molecule has 0 spiro atoms. The average Bonchev–Trinajstić information content (AvgIpc) is 2.77. The molecular formula is C21H21FO2. The number of allylic oxidation sites excluding steroid dienone is 8. The van der Waals surface area contributed by atoms with Gasteiger partial charge in [-0.15, -0.1) is 0 Å². The molecule has 0 aromatic heterocycles. The average molecular weight is 324 g/mol. The number of hydrogen-bond acceptors (Lipinski definition) is 1. The van der Waals surface area contributed by atoms with Crippen LogP contribution in [0, 0.1) is 5.82 Å². The van der Waals surface area contributed by atoms with Crippen molar-refractivity contribution in [2.75, 3.05) is 0 Å². The molecular weight excluding hydrogens is 303 g/mol. The van der Waals surface area contributed by atoms with Gasteiger partial charge >= 0.3 is 5.97 Å². The molecule has 0 saturated heterocycles. The van der Waals surface area contributed by atoms with Gasteiger partial charge in [0.15, 0.2) is 0 Å². The lowest BCUT2D eigenvalue weighted by Gasteiger charge is -2.04. The molecule has 0 atom stereocenters. The maximum Gasteiger partial charge on any atom is 0.307 e. The molecule has 0 aliphatic heterocycles. The normalized spacial score (nSPS) is 15.7. The third kappa shape index (κ3) is 3.99. The molecule has 0 heterocycles. The fourth-order valence-electron chi connectivity index (χ4n) is 2.81. The molecule has 0 unspecified atom stereocenters. The smallest absolute Gasteiger partial charge is 0.307 e. The first-order valence-electron chi connectivity index (χ1n) is 7.83. The van der Waals surface area contributed by atoms with Crippen LogP contribution in [0.2, 0.25) is 0 Å². The van der Waals surface area contributed by atoms with E-state index in [1.165, 1.54) is 12.1 Å². The molecule has 0 amide bonds. The van der Waals surface area contributed by atoms with Crippen LogP contribution < -0.4 is 0 Å². The third-order valence-corrected chi connectivity index (χ3v) is 3.99. The molecule has 1 N–H and O–H groups in total. The summed E-state index contributed by atoms with van der Waals surface area (Å²) in [4.78, 5) is 11.1. The van der Waals surface area contributed by atoms with Gasteiger partial charge in [-0.3, -0.25) is 4.79 Å². The van der Waals surface area contributed by atoms with Gasteiger partial charge in [0.2, 0.25) is 0 Å². The molecule has 1 aliphatic rings. The summed E-state index contributed by atoms with van der Waals surface area (Å²) < 4.78 is 13.6. The van der Waals surface area contributed by atoms with Crippen LogP contribution in [0.25, 0.3) is 11.1 Å². The number of fused-ring (bicyclic) bond motifs is 1. The van der Waals surface area contributed by atoms with Crippen molar-refractivity contribution in [2.24, 2.45) is 0 Å². The zero-order chi connectivity index (χ0) is 17.7. The number of benzene rings is 1. The summed E-state index contributed by atoms with van der Waals surface area (Å²) in [5.41, 5.74) is 5.04. The minimum absolute atomic E-state index is 0.109. The first kappa shape index (κ1) is 17.7. The van der Waals surface area contributed by atoms with Crippen LogP contribution in [-0.4, -0.2) is 11.1 Å². The summed E-state index contributed by atoms with van der Waals surface area (Å²) >= 11 is 0. The molecule has 0 saturated carbocycles. The second kappa shape index (κ2) is 7.73. The summed E-state index contributed by atoms with van der Waals surface area (Å²) in [7, 11) is 0. The molecule has 24 heavy (non-hydrogen) atoms. The number of carboxylic acid groups (broad SMARTS) is 1. The molecule has 0 radical (unpaired) electrons. The van der Waals surface area contributed by atoms with Crippen molar-refractivity contribution >= 4 is 17.1 Å². The van der Waals surface area contributed by atoms with Crippen LogP contribution in [-0.2, 0) is 4.79 Å². The van der Waals surface area contributed by atoms with E-state index in [0.717, 1.165) is 22.3 Å². The van der Waals surface area contributed by atoms with Gasteiger partial charge in [-0.05, 0) is 60.2 Å². The Morgan fingerprint density at radius 2 is 2.04 bits per heavy atom. The highest BCUT2D eigenvalue weighted by Crippen LogP contribution is 2.43. The number of carbonyl (C=O) groups is 1. The van der Waals surface area contributed by atoms with Crippen LogP contribution in [0.4, 0.5) is 4.39 Å². The first-order valence-corrected chi connectivity index (χ1v) is 7.83. The number of hydrogen-bond donors (Lipinski definition) is 1. The Labute approximate surface area is 142 Å². The Balaban J connectivity index is 2.36. The van der Waals surface area contributed by atoms with Gasteiger partial charge in [0, 0.05) is 0 Å². The summed E-state index contributed by atoms with van der Waals surface area (Å²) in [5, 5.41) is 9.13. The minimum Gasteiger partial charge on any atom is -0.481 e. The van der Waals surface area contributed by atoms with Crippen LogP contribution in [0.1, 0.15) is 37.8 Å². The van der Waals surface area contributed by atoms with Gasteiger partial charge in [-0.1, -0.05) is 48.6 Å². The Bertz CT molecular complexity index is 792. The first-order chi connectivity index (χ1) is 11.4. The van der Waals surface area contributed by atoms with E-state index >= 15 is 0 Å². The van der Waals surface area contributed by atoms with Crippen molar-refractivity contribution in [1.82, 2.24) is 0 Å². The van der Waals surface area contributed by atoms with E-state index in [-0.39, 0.29) is 12.2 Å². The van der Waals surface area contributed by atoms with Crippen molar-refractivity contribution in [1.29, 1.82) is 0 Å². The number of halogens is 1. The lowest BCUT2D eigenvalue weighted by Crippen LogP contribution is -1.97. The predicted molar refractivity (Wildman–Crippen MR) is 96.9 cm³/mol. The summed E-state index contributed by atoms with van der Waals surface area (Å²) in [5.74, 6) is -1.27. The largest absolute Gasteiger partial charge is 0.481 e. The monoisotopic (exact) mass is 324 g/mol. The molecule has 2 rings (SSSR count). The molecule has 1 aromatic carbocycles. The molecule has 124 valence electrons. The fraction of sp³-hybridized carbons (Fsp3) is 0.190. The SMILES string of the molecule is C=C(/C=C\C=C/C)C/C=C1/C(C)=C(CC(=O)O)c2cc(F)ccc21. The Kier molecular flexibility index (Phi) is 5.69. The zero-order valence-electron chi connectivity index (χ0n) is 14.0. The summed E-state index contributed by atoms with van der Waals surface area (Å²) in [6.45, 7) is 7.85. The van der Waals surface area contributed by atoms with E-state index in [1.54, 1.807) is 6.07 Å². The molecule has 3 heteroatoms. The fourth-order valence-corrected chi connectivity index (χ4v) is 2.81. The van der Waals surface area contributed by atoms with E-state index in [0.29, 0.717) is 17.6 Å². The van der Waals surface area contributed by atoms with Crippen LogP contribution in [0.5, 0.6) is 0 Å². The predicted octanol–water partition coefficient (Wildman–Crippen LogP) is 5.55. The third-order valence-electron chi connectivity index (χ3n) is 3.99. The minimum atomic E-state index is -0.917. The van der Waals surface area contributed by atoms with Crippen LogP contribution >= 0.6 is 0 Å². The maximum atomic E-state index is 13.6. The molecule has 0 bridgehead atoms. The van der Waals surface area contributed by atoms with Crippen LogP contribution in [0.3, 0.4) is 0 Å². The quantitative estimate of drug-likeness (QED) is 0.697. The highest BCUT2D eigenvalue weighted by atomic mass is 19.1. The van der Waals surface area contributed by atoms with Gasteiger partial charge in [0.05, 0.1) is 6.42 Å². The molecule has 0 fully saturated rings. The highest BCUT2D eigenvalue weighted by Gasteiger charge is 2.25. The van der Waals surface area contributed by atoms with Crippen LogP contribution in [0.15, 0.2) is 66.3 Å². The number of aliphatic carboxylic acids is 1. The summed E-state index contributed by atoms with van der Waals surface area (Å²) in [6, 6.07) is 4.54. The van der Waals surface area contributed by atoms with Gasteiger partial charge in [-0.25, -0.2) is 4.39 Å².